The molecule has 0 atom stereocenters. The van der Waals surface area contributed by atoms with Crippen LogP contribution < -0.4 is 0 Å². The molecule has 2 aliphatic carbocycles. The maximum absolute atomic E-state index is 6.92. The van der Waals surface area contributed by atoms with E-state index in [1.807, 2.05) is 0 Å². The van der Waals surface area contributed by atoms with E-state index in [9.17, 15) is 0 Å². The molecule has 5 heteroatoms. The van der Waals surface area contributed by atoms with Crippen LogP contribution in [0.1, 0.15) is 22.3 Å². The Morgan fingerprint density at radius 1 is 0.319 bits per heavy atom. The molecule has 0 N–H and O–H groups in total. The van der Waals surface area contributed by atoms with Gasteiger partial charge < -0.3 is 8.82 Å². The number of hydrogen-bond acceptors (Lipinski definition) is 4. The average Bonchev–Trinajstić information content (AvgIpc) is 4.12. The van der Waals surface area contributed by atoms with E-state index >= 15 is 0 Å². The summed E-state index contributed by atoms with van der Waals surface area (Å²) in [5.41, 5.74) is 19.6. The molecule has 4 aromatic heterocycles. The molecule has 16 rings (SSSR count). The zero-order valence-corrected chi connectivity index (χ0v) is 37.0. The lowest BCUT2D eigenvalue weighted by Crippen LogP contribution is -2.25. The maximum Gasteiger partial charge on any atom is 0.164 e. The molecule has 0 aliphatic heterocycles. The average molecular weight is 877 g/mol. The minimum atomic E-state index is -0.510. The van der Waals surface area contributed by atoms with Gasteiger partial charge in [0.05, 0.1) is 27.4 Å². The highest BCUT2D eigenvalue weighted by molar-refractivity contribution is 6.32. The predicted octanol–water partition coefficient (Wildman–Crippen LogP) is 15.9. The molecule has 2 aliphatic rings. The van der Waals surface area contributed by atoms with Gasteiger partial charge in [-0.2, -0.15) is 0 Å². The first-order valence-corrected chi connectivity index (χ1v) is 23.6. The van der Waals surface area contributed by atoms with Crippen LogP contribution in [0, 0.1) is 0 Å². The second-order valence-electron chi connectivity index (χ2n) is 18.6. The van der Waals surface area contributed by atoms with Crippen LogP contribution in [0.15, 0.2) is 223 Å². The monoisotopic (exact) mass is 876 g/mol. The lowest BCUT2D eigenvalue weighted by atomic mass is 9.70. The van der Waals surface area contributed by atoms with Crippen molar-refractivity contribution in [2.45, 2.75) is 5.41 Å². The highest BCUT2D eigenvalue weighted by Gasteiger charge is 2.51. The summed E-state index contributed by atoms with van der Waals surface area (Å²) in [4.78, 5) is 16.4. The molecule has 1 spiro atoms. The fourth-order valence-corrected chi connectivity index (χ4v) is 12.5. The van der Waals surface area contributed by atoms with Gasteiger partial charge >= 0.3 is 0 Å². The molecule has 0 amide bonds. The standard InChI is InChI=1S/C64H36N4O/c1-2-16-37(17-3-1)40-18-4-5-24-48(40)63-66-61(38-30-31-44-43-21-8-13-27-52(43)64(53(44)35-38)50-25-11-6-19-41(50)42-20-7-12-26-51(42)64)65-62(67-63)39-34-49-46-23-10-15-29-55(46)68-54-28-14-9-22-45(54)47-32-33-56-59(60(47)68)58(49)57(36-39)69-56/h1-36H. The van der Waals surface area contributed by atoms with E-state index in [4.69, 9.17) is 19.4 Å². The van der Waals surface area contributed by atoms with Gasteiger partial charge in [0.15, 0.2) is 17.5 Å². The number of rotatable bonds is 4. The highest BCUT2D eigenvalue weighted by Crippen LogP contribution is 2.63. The lowest BCUT2D eigenvalue weighted by Gasteiger charge is -2.30. The second kappa shape index (κ2) is 13.5. The highest BCUT2D eigenvalue weighted by atomic mass is 16.3. The number of para-hydroxylation sites is 2. The molecule has 69 heavy (non-hydrogen) atoms. The van der Waals surface area contributed by atoms with Gasteiger partial charge in [0.1, 0.15) is 11.2 Å². The molecule has 5 nitrogen and oxygen atoms in total. The smallest absolute Gasteiger partial charge is 0.164 e. The van der Waals surface area contributed by atoms with Crippen molar-refractivity contribution in [3.05, 3.63) is 241 Å². The largest absolute Gasteiger partial charge is 0.456 e. The Labute approximate surface area is 395 Å². The van der Waals surface area contributed by atoms with Crippen molar-refractivity contribution in [1.29, 1.82) is 0 Å². The summed E-state index contributed by atoms with van der Waals surface area (Å²) < 4.78 is 9.34. The first kappa shape index (κ1) is 37.0. The number of nitrogens with zero attached hydrogens (tertiary/aromatic N) is 4. The molecule has 0 unspecified atom stereocenters. The minimum Gasteiger partial charge on any atom is -0.456 e. The first-order valence-electron chi connectivity index (χ1n) is 23.6. The summed E-state index contributed by atoms with van der Waals surface area (Å²) >= 11 is 0. The molecule has 318 valence electrons. The van der Waals surface area contributed by atoms with E-state index in [-0.39, 0.29) is 0 Å². The van der Waals surface area contributed by atoms with Crippen LogP contribution in [0.4, 0.5) is 0 Å². The van der Waals surface area contributed by atoms with E-state index in [1.165, 1.54) is 60.8 Å². The van der Waals surface area contributed by atoms with Crippen molar-refractivity contribution in [1.82, 2.24) is 19.4 Å². The van der Waals surface area contributed by atoms with Gasteiger partial charge in [-0.25, -0.2) is 15.0 Å². The minimum absolute atomic E-state index is 0.510. The van der Waals surface area contributed by atoms with E-state index in [0.717, 1.165) is 71.6 Å². The maximum atomic E-state index is 6.92. The number of hydrogen-bond donors (Lipinski definition) is 0. The van der Waals surface area contributed by atoms with E-state index in [2.05, 4.69) is 223 Å². The Balaban J connectivity index is 0.986. The zero-order chi connectivity index (χ0) is 45.0. The van der Waals surface area contributed by atoms with Crippen LogP contribution >= 0.6 is 0 Å². The number of benzene rings is 10. The molecule has 0 saturated heterocycles. The van der Waals surface area contributed by atoms with Gasteiger partial charge in [-0.05, 0) is 103 Å². The molecule has 0 bridgehead atoms. The summed E-state index contributed by atoms with van der Waals surface area (Å²) in [6.45, 7) is 0. The van der Waals surface area contributed by atoms with E-state index in [0.29, 0.717) is 17.5 Å². The molecule has 4 heterocycles. The zero-order valence-electron chi connectivity index (χ0n) is 37.0. The molecule has 0 saturated carbocycles. The predicted molar refractivity (Wildman–Crippen MR) is 280 cm³/mol. The van der Waals surface area contributed by atoms with E-state index in [1.54, 1.807) is 0 Å². The van der Waals surface area contributed by atoms with Gasteiger partial charge in [-0.15, -0.1) is 0 Å². The summed E-state index contributed by atoms with van der Waals surface area (Å²) in [6.07, 6.45) is 0. The van der Waals surface area contributed by atoms with Crippen LogP contribution in [-0.2, 0) is 5.41 Å². The Morgan fingerprint density at radius 2 is 0.855 bits per heavy atom. The Bertz CT molecular complexity index is 4420. The van der Waals surface area contributed by atoms with Crippen LogP contribution in [-0.4, -0.2) is 19.4 Å². The summed E-state index contributed by atoms with van der Waals surface area (Å²) in [6, 6.07) is 78.8. The van der Waals surface area contributed by atoms with Crippen molar-refractivity contribution in [2.75, 3.05) is 0 Å². The van der Waals surface area contributed by atoms with Gasteiger partial charge in [0, 0.05) is 38.2 Å². The summed E-state index contributed by atoms with van der Waals surface area (Å²) in [7, 11) is 0. The number of aromatic nitrogens is 4. The van der Waals surface area contributed by atoms with Crippen LogP contribution in [0.5, 0.6) is 0 Å². The normalized spacial score (nSPS) is 13.3. The quantitative estimate of drug-likeness (QED) is 0.177. The Morgan fingerprint density at radius 3 is 1.54 bits per heavy atom. The van der Waals surface area contributed by atoms with E-state index < -0.39 is 5.41 Å². The molecule has 14 aromatic rings. The van der Waals surface area contributed by atoms with Crippen molar-refractivity contribution >= 4 is 60.0 Å². The van der Waals surface area contributed by atoms with Crippen LogP contribution in [0.25, 0.3) is 128 Å². The lowest BCUT2D eigenvalue weighted by molar-refractivity contribution is 0.669. The fourth-order valence-electron chi connectivity index (χ4n) is 12.5. The van der Waals surface area contributed by atoms with Crippen LogP contribution in [0.3, 0.4) is 0 Å². The van der Waals surface area contributed by atoms with Crippen molar-refractivity contribution < 1.29 is 4.42 Å². The molecule has 10 aromatic carbocycles. The van der Waals surface area contributed by atoms with Crippen molar-refractivity contribution in [3.63, 3.8) is 0 Å². The summed E-state index contributed by atoms with van der Waals surface area (Å²) in [5, 5.41) is 6.85. The first-order chi connectivity index (χ1) is 34.2. The molecule has 0 fully saturated rings. The van der Waals surface area contributed by atoms with Gasteiger partial charge in [0.2, 0.25) is 0 Å². The SMILES string of the molecule is c1ccc(-c2ccccc2-c2nc(-c3ccc4c(c3)C3(c5ccccc5-c5ccccc53)c3ccccc3-4)nc(-c3cc4oc5ccc6c7ccccc7n7c8ccccc8c(c3)c4c5c67)n2)cc1. The van der Waals surface area contributed by atoms with Gasteiger partial charge in [0.25, 0.3) is 0 Å². The number of fused-ring (bicyclic) bond motifs is 16. The molecule has 0 radical (unpaired) electrons. The van der Waals surface area contributed by atoms with Gasteiger partial charge in [-0.3, -0.25) is 0 Å². The van der Waals surface area contributed by atoms with Gasteiger partial charge in [-0.1, -0.05) is 176 Å². The fraction of sp³-hybridized carbons (Fsp3) is 0.0156. The Hall–Kier alpha value is -9.19. The van der Waals surface area contributed by atoms with Crippen molar-refractivity contribution in [2.24, 2.45) is 0 Å². The van der Waals surface area contributed by atoms with Crippen molar-refractivity contribution in [3.8, 4) is 67.5 Å². The third-order valence-corrected chi connectivity index (χ3v) is 15.2. The third kappa shape index (κ3) is 4.80. The van der Waals surface area contributed by atoms with Crippen LogP contribution in [0.2, 0.25) is 0 Å². The topological polar surface area (TPSA) is 56.2 Å². The number of furan rings is 1. The Kier molecular flexibility index (Phi) is 7.21. The second-order valence-corrected chi connectivity index (χ2v) is 18.6. The summed E-state index contributed by atoms with van der Waals surface area (Å²) in [5.74, 6) is 1.78. The third-order valence-electron chi connectivity index (χ3n) is 15.2. The molecular weight excluding hydrogens is 841 g/mol. The molecular formula is C64H36N4O.